The highest BCUT2D eigenvalue weighted by Crippen LogP contribution is 2.23. The number of benzene rings is 2. The van der Waals surface area contributed by atoms with Crippen molar-refractivity contribution in [3.63, 3.8) is 0 Å². The van der Waals surface area contributed by atoms with Crippen LogP contribution >= 0.6 is 11.6 Å². The van der Waals surface area contributed by atoms with Crippen molar-refractivity contribution in [2.45, 2.75) is 13.0 Å². The molecule has 3 nitrogen and oxygen atoms in total. The average molecular weight is 304 g/mol. The second-order valence-electron chi connectivity index (χ2n) is 4.87. The second-order valence-corrected chi connectivity index (χ2v) is 5.28. The van der Waals surface area contributed by atoms with Crippen LogP contribution in [0.25, 0.3) is 0 Å². The van der Waals surface area contributed by atoms with Gasteiger partial charge in [-0.2, -0.15) is 0 Å². The Balaban J connectivity index is 2.00. The van der Waals surface area contributed by atoms with Crippen LogP contribution in [0.15, 0.2) is 48.5 Å². The van der Waals surface area contributed by atoms with E-state index in [4.69, 9.17) is 16.3 Å². The predicted molar refractivity (Wildman–Crippen MR) is 84.6 cm³/mol. The van der Waals surface area contributed by atoms with Gasteiger partial charge in [0, 0.05) is 18.6 Å². The lowest BCUT2D eigenvalue weighted by atomic mass is 10.1. The lowest BCUT2D eigenvalue weighted by Crippen LogP contribution is -2.27. The fourth-order valence-electron chi connectivity index (χ4n) is 2.04. The summed E-state index contributed by atoms with van der Waals surface area (Å²) < 4.78 is 5.10. The van der Waals surface area contributed by atoms with Crippen molar-refractivity contribution < 1.29 is 9.53 Å². The molecule has 2 rings (SSSR count). The first kappa shape index (κ1) is 15.4. The number of carbonyl (C=O) groups is 1. The van der Waals surface area contributed by atoms with Gasteiger partial charge in [0.15, 0.2) is 0 Å². The molecule has 0 fully saturated rings. The summed E-state index contributed by atoms with van der Waals surface area (Å²) >= 11 is 6.17. The monoisotopic (exact) mass is 303 g/mol. The molecule has 0 unspecified atom stereocenters. The number of hydrogen-bond donors (Lipinski definition) is 0. The quantitative estimate of drug-likeness (QED) is 0.845. The topological polar surface area (TPSA) is 29.5 Å². The van der Waals surface area contributed by atoms with E-state index in [1.165, 1.54) is 0 Å². The molecule has 0 spiro atoms. The van der Waals surface area contributed by atoms with Crippen LogP contribution in [0.4, 0.5) is 0 Å². The Labute approximate surface area is 130 Å². The number of ether oxygens (including phenoxy) is 1. The molecule has 0 saturated heterocycles. The van der Waals surface area contributed by atoms with Crippen LogP contribution in [-0.4, -0.2) is 25.0 Å². The standard InChI is InChI=1S/C17H18ClNO2/c1-19(12-13-6-4-3-5-7-13)17(20)10-14-8-9-15(21-2)11-16(14)18/h3-9,11H,10,12H2,1-2H3. The molecule has 1 amide bonds. The summed E-state index contributed by atoms with van der Waals surface area (Å²) in [6.45, 7) is 0.591. The summed E-state index contributed by atoms with van der Waals surface area (Å²) in [5, 5.41) is 0.552. The lowest BCUT2D eigenvalue weighted by Gasteiger charge is -2.18. The number of rotatable bonds is 5. The van der Waals surface area contributed by atoms with Crippen LogP contribution in [0.3, 0.4) is 0 Å². The zero-order chi connectivity index (χ0) is 15.2. The number of methoxy groups -OCH3 is 1. The molecule has 0 aliphatic carbocycles. The van der Waals surface area contributed by atoms with Gasteiger partial charge in [-0.25, -0.2) is 0 Å². The summed E-state index contributed by atoms with van der Waals surface area (Å²) in [7, 11) is 3.39. The number of likely N-dealkylation sites (N-methyl/N-ethyl adjacent to an activating group) is 1. The first-order valence-corrected chi connectivity index (χ1v) is 7.08. The SMILES string of the molecule is COc1ccc(CC(=O)N(C)Cc2ccccc2)c(Cl)c1. The molecule has 110 valence electrons. The average Bonchev–Trinajstić information content (AvgIpc) is 2.50. The van der Waals surface area contributed by atoms with Gasteiger partial charge in [0.1, 0.15) is 5.75 Å². The molecule has 0 aliphatic rings. The Bertz CT molecular complexity index is 613. The van der Waals surface area contributed by atoms with Crippen LogP contribution in [0.2, 0.25) is 5.02 Å². The third-order valence-corrected chi connectivity index (χ3v) is 3.64. The highest BCUT2D eigenvalue weighted by Gasteiger charge is 2.12. The van der Waals surface area contributed by atoms with Gasteiger partial charge in [0.05, 0.1) is 13.5 Å². The van der Waals surface area contributed by atoms with Gasteiger partial charge in [0.25, 0.3) is 0 Å². The van der Waals surface area contributed by atoms with E-state index in [-0.39, 0.29) is 12.3 Å². The Morgan fingerprint density at radius 2 is 1.90 bits per heavy atom. The maximum absolute atomic E-state index is 12.3. The van der Waals surface area contributed by atoms with E-state index in [1.807, 2.05) is 42.5 Å². The Kier molecular flexibility index (Phi) is 5.23. The maximum atomic E-state index is 12.3. The zero-order valence-corrected chi connectivity index (χ0v) is 12.9. The third-order valence-electron chi connectivity index (χ3n) is 3.29. The second kappa shape index (κ2) is 7.14. The van der Waals surface area contributed by atoms with Crippen molar-refractivity contribution in [2.75, 3.05) is 14.2 Å². The van der Waals surface area contributed by atoms with Crippen LogP contribution in [0.1, 0.15) is 11.1 Å². The maximum Gasteiger partial charge on any atom is 0.227 e. The number of hydrogen-bond acceptors (Lipinski definition) is 2. The molecule has 0 N–H and O–H groups in total. The first-order chi connectivity index (χ1) is 10.1. The number of amides is 1. The molecule has 4 heteroatoms. The number of nitrogens with zero attached hydrogens (tertiary/aromatic N) is 1. The lowest BCUT2D eigenvalue weighted by molar-refractivity contribution is -0.129. The predicted octanol–water partition coefficient (Wildman–Crippen LogP) is 3.55. The van der Waals surface area contributed by atoms with Crippen molar-refractivity contribution in [1.29, 1.82) is 0 Å². The minimum atomic E-state index is 0.0333. The first-order valence-electron chi connectivity index (χ1n) is 6.70. The molecule has 0 atom stereocenters. The minimum absolute atomic E-state index is 0.0333. The number of halogens is 1. The fraction of sp³-hybridized carbons (Fsp3) is 0.235. The summed E-state index contributed by atoms with van der Waals surface area (Å²) in [5.74, 6) is 0.722. The van der Waals surface area contributed by atoms with Crippen LogP contribution < -0.4 is 4.74 Å². The van der Waals surface area contributed by atoms with Crippen LogP contribution in [0.5, 0.6) is 5.75 Å². The zero-order valence-electron chi connectivity index (χ0n) is 12.2. The third kappa shape index (κ3) is 4.23. The summed E-state index contributed by atoms with van der Waals surface area (Å²) in [4.78, 5) is 14.0. The van der Waals surface area contributed by atoms with Crippen molar-refractivity contribution in [3.8, 4) is 5.75 Å². The van der Waals surface area contributed by atoms with Gasteiger partial charge in [-0.05, 0) is 23.3 Å². The van der Waals surface area contributed by atoms with Crippen molar-refractivity contribution in [1.82, 2.24) is 4.90 Å². The van der Waals surface area contributed by atoms with E-state index in [9.17, 15) is 4.79 Å². The molecule has 0 radical (unpaired) electrons. The molecule has 2 aromatic rings. The summed E-state index contributed by atoms with van der Waals surface area (Å²) in [5.41, 5.74) is 1.91. The number of carbonyl (C=O) groups excluding carboxylic acids is 1. The smallest absolute Gasteiger partial charge is 0.227 e. The van der Waals surface area contributed by atoms with Crippen molar-refractivity contribution in [3.05, 3.63) is 64.7 Å². The molecule has 0 bridgehead atoms. The molecule has 0 aliphatic heterocycles. The van der Waals surface area contributed by atoms with Gasteiger partial charge in [0.2, 0.25) is 5.91 Å². The molecular weight excluding hydrogens is 286 g/mol. The Morgan fingerprint density at radius 3 is 2.52 bits per heavy atom. The van der Waals surface area contributed by atoms with Gasteiger partial charge in [-0.15, -0.1) is 0 Å². The van der Waals surface area contributed by atoms with E-state index in [0.29, 0.717) is 17.3 Å². The summed E-state index contributed by atoms with van der Waals surface area (Å²) in [6.07, 6.45) is 0.284. The molecule has 0 saturated carbocycles. The highest BCUT2D eigenvalue weighted by molar-refractivity contribution is 6.31. The minimum Gasteiger partial charge on any atom is -0.497 e. The highest BCUT2D eigenvalue weighted by atomic mass is 35.5. The van der Waals surface area contributed by atoms with Gasteiger partial charge < -0.3 is 9.64 Å². The molecule has 2 aromatic carbocycles. The van der Waals surface area contributed by atoms with Crippen molar-refractivity contribution in [2.24, 2.45) is 0 Å². The van der Waals surface area contributed by atoms with Crippen molar-refractivity contribution >= 4 is 17.5 Å². The van der Waals surface area contributed by atoms with E-state index >= 15 is 0 Å². The van der Waals surface area contributed by atoms with E-state index in [1.54, 1.807) is 25.1 Å². The van der Waals surface area contributed by atoms with Gasteiger partial charge in [-0.1, -0.05) is 48.0 Å². The summed E-state index contributed by atoms with van der Waals surface area (Å²) in [6, 6.07) is 15.3. The molecule has 21 heavy (non-hydrogen) atoms. The van der Waals surface area contributed by atoms with Crippen LogP contribution in [0, 0.1) is 0 Å². The Morgan fingerprint density at radius 1 is 1.19 bits per heavy atom. The van der Waals surface area contributed by atoms with E-state index < -0.39 is 0 Å². The van der Waals surface area contributed by atoms with Crippen LogP contribution in [-0.2, 0) is 17.8 Å². The fourth-order valence-corrected chi connectivity index (χ4v) is 2.28. The molecule has 0 aromatic heterocycles. The normalized spacial score (nSPS) is 10.2. The molecular formula is C17H18ClNO2. The molecule has 0 heterocycles. The van der Waals surface area contributed by atoms with Gasteiger partial charge >= 0.3 is 0 Å². The van der Waals surface area contributed by atoms with E-state index in [2.05, 4.69) is 0 Å². The largest absolute Gasteiger partial charge is 0.497 e. The Hall–Kier alpha value is -2.00. The van der Waals surface area contributed by atoms with Gasteiger partial charge in [-0.3, -0.25) is 4.79 Å². The van der Waals surface area contributed by atoms with E-state index in [0.717, 1.165) is 11.1 Å².